The molecule has 0 saturated carbocycles. The molecule has 0 bridgehead atoms. The number of hydrogen-bond donors (Lipinski definition) is 2. The maximum atomic E-state index is 13.4. The molecule has 19 heavy (non-hydrogen) atoms. The number of carbonyl (C=O) groups excluding carboxylic acids is 1. The van der Waals surface area contributed by atoms with Crippen molar-refractivity contribution in [1.29, 1.82) is 0 Å². The second kappa shape index (κ2) is 7.78. The third kappa shape index (κ3) is 6.24. The molecule has 4 nitrogen and oxygen atoms in total. The van der Waals surface area contributed by atoms with Crippen LogP contribution in [0.5, 0.6) is 0 Å². The Labute approximate surface area is 115 Å². The summed E-state index contributed by atoms with van der Waals surface area (Å²) in [5, 5.41) is 11.1. The minimum Gasteiger partial charge on any atom is -0.481 e. The number of halogens is 1. The number of carboxylic acid groups (broad SMARTS) is 1. The average molecular weight is 285 g/mol. The van der Waals surface area contributed by atoms with Crippen LogP contribution < -0.4 is 5.32 Å². The minimum atomic E-state index is -0.947. The van der Waals surface area contributed by atoms with E-state index in [9.17, 15) is 14.0 Å². The smallest absolute Gasteiger partial charge is 0.313 e. The molecule has 1 rings (SSSR count). The number of thioether (sulfide) groups is 1. The molecule has 2 N–H and O–H groups in total. The van der Waals surface area contributed by atoms with Gasteiger partial charge >= 0.3 is 5.97 Å². The van der Waals surface area contributed by atoms with E-state index in [1.807, 2.05) is 0 Å². The first-order valence-electron chi connectivity index (χ1n) is 5.81. The van der Waals surface area contributed by atoms with Crippen LogP contribution in [0.3, 0.4) is 0 Å². The highest BCUT2D eigenvalue weighted by atomic mass is 32.2. The summed E-state index contributed by atoms with van der Waals surface area (Å²) in [5.41, 5.74) is 0.550. The van der Waals surface area contributed by atoms with Crippen LogP contribution in [0.4, 0.5) is 4.39 Å². The molecule has 1 aromatic carbocycles. The molecular formula is C13H16FNO3S. The Kier molecular flexibility index (Phi) is 6.35. The van der Waals surface area contributed by atoms with E-state index in [1.54, 1.807) is 25.1 Å². The van der Waals surface area contributed by atoms with Gasteiger partial charge in [0.1, 0.15) is 5.82 Å². The van der Waals surface area contributed by atoms with Crippen LogP contribution in [0.25, 0.3) is 0 Å². The summed E-state index contributed by atoms with van der Waals surface area (Å²) >= 11 is 1.04. The van der Waals surface area contributed by atoms with Gasteiger partial charge < -0.3 is 10.4 Å². The van der Waals surface area contributed by atoms with Gasteiger partial charge in [0.2, 0.25) is 5.91 Å². The highest BCUT2D eigenvalue weighted by Gasteiger charge is 2.11. The summed E-state index contributed by atoms with van der Waals surface area (Å²) < 4.78 is 13.4. The maximum absolute atomic E-state index is 13.4. The van der Waals surface area contributed by atoms with Gasteiger partial charge in [0.25, 0.3) is 0 Å². The molecular weight excluding hydrogens is 269 g/mol. The van der Waals surface area contributed by atoms with E-state index in [-0.39, 0.29) is 29.3 Å². The SMILES string of the molecule is CC(Cc1ccccc1F)NC(=O)CSCC(=O)O. The van der Waals surface area contributed by atoms with Crippen molar-refractivity contribution in [3.05, 3.63) is 35.6 Å². The van der Waals surface area contributed by atoms with Crippen molar-refractivity contribution in [1.82, 2.24) is 5.32 Å². The molecule has 0 aliphatic carbocycles. The molecule has 0 spiro atoms. The van der Waals surface area contributed by atoms with Crippen LogP contribution in [0.15, 0.2) is 24.3 Å². The van der Waals surface area contributed by atoms with Gasteiger partial charge in [-0.1, -0.05) is 18.2 Å². The van der Waals surface area contributed by atoms with Gasteiger partial charge in [-0.15, -0.1) is 11.8 Å². The Bertz CT molecular complexity index is 453. The molecule has 0 aliphatic rings. The summed E-state index contributed by atoms with van der Waals surface area (Å²) in [6.45, 7) is 1.78. The van der Waals surface area contributed by atoms with E-state index in [2.05, 4.69) is 5.32 Å². The summed E-state index contributed by atoms with van der Waals surface area (Å²) in [6.07, 6.45) is 0.405. The van der Waals surface area contributed by atoms with Gasteiger partial charge in [-0.05, 0) is 25.0 Å². The fourth-order valence-corrected chi connectivity index (χ4v) is 2.14. The van der Waals surface area contributed by atoms with Crippen molar-refractivity contribution < 1.29 is 19.1 Å². The molecule has 0 aromatic heterocycles. The lowest BCUT2D eigenvalue weighted by atomic mass is 10.1. The molecule has 6 heteroatoms. The third-order valence-corrected chi connectivity index (χ3v) is 3.27. The number of carbonyl (C=O) groups is 2. The molecule has 104 valence electrons. The molecule has 1 unspecified atom stereocenters. The first-order valence-corrected chi connectivity index (χ1v) is 6.97. The predicted octanol–water partition coefficient (Wildman–Crippen LogP) is 1.69. The van der Waals surface area contributed by atoms with E-state index in [4.69, 9.17) is 5.11 Å². The van der Waals surface area contributed by atoms with Crippen LogP contribution in [0, 0.1) is 5.82 Å². The van der Waals surface area contributed by atoms with E-state index < -0.39 is 5.97 Å². The molecule has 0 radical (unpaired) electrons. The normalized spacial score (nSPS) is 11.9. The third-order valence-electron chi connectivity index (χ3n) is 2.35. The second-order valence-electron chi connectivity index (χ2n) is 4.15. The van der Waals surface area contributed by atoms with Gasteiger partial charge in [0, 0.05) is 6.04 Å². The van der Waals surface area contributed by atoms with Crippen molar-refractivity contribution in [2.45, 2.75) is 19.4 Å². The molecule has 0 aliphatic heterocycles. The Morgan fingerprint density at radius 2 is 2.05 bits per heavy atom. The van der Waals surface area contributed by atoms with E-state index >= 15 is 0 Å². The largest absolute Gasteiger partial charge is 0.481 e. The molecule has 0 fully saturated rings. The number of hydrogen-bond acceptors (Lipinski definition) is 3. The predicted molar refractivity (Wildman–Crippen MR) is 72.7 cm³/mol. The molecule has 1 atom stereocenters. The van der Waals surface area contributed by atoms with Crippen molar-refractivity contribution >= 4 is 23.6 Å². The van der Waals surface area contributed by atoms with Gasteiger partial charge in [0.15, 0.2) is 0 Å². The fourth-order valence-electron chi connectivity index (χ4n) is 1.59. The van der Waals surface area contributed by atoms with Crippen molar-refractivity contribution in [3.8, 4) is 0 Å². The monoisotopic (exact) mass is 285 g/mol. The lowest BCUT2D eigenvalue weighted by Gasteiger charge is -2.14. The van der Waals surface area contributed by atoms with Crippen LogP contribution >= 0.6 is 11.8 Å². The van der Waals surface area contributed by atoms with Gasteiger partial charge in [-0.25, -0.2) is 4.39 Å². The van der Waals surface area contributed by atoms with Gasteiger partial charge in [-0.3, -0.25) is 9.59 Å². The Morgan fingerprint density at radius 1 is 1.37 bits per heavy atom. The molecule has 1 amide bonds. The quantitative estimate of drug-likeness (QED) is 0.800. The fraction of sp³-hybridized carbons (Fsp3) is 0.385. The van der Waals surface area contributed by atoms with Gasteiger partial charge in [-0.2, -0.15) is 0 Å². The van der Waals surface area contributed by atoms with Crippen LogP contribution in [-0.4, -0.2) is 34.5 Å². The topological polar surface area (TPSA) is 66.4 Å². The number of benzene rings is 1. The van der Waals surface area contributed by atoms with Crippen molar-refractivity contribution in [2.75, 3.05) is 11.5 Å². The zero-order chi connectivity index (χ0) is 14.3. The standard InChI is InChI=1S/C13H16FNO3S/c1-9(6-10-4-2-3-5-11(10)14)15-12(16)7-19-8-13(17)18/h2-5,9H,6-8H2,1H3,(H,15,16)(H,17,18). The summed E-state index contributed by atoms with van der Waals surface area (Å²) in [5.74, 6) is -1.49. The summed E-state index contributed by atoms with van der Waals surface area (Å²) in [6, 6.07) is 6.22. The zero-order valence-electron chi connectivity index (χ0n) is 10.6. The number of rotatable bonds is 7. The van der Waals surface area contributed by atoms with E-state index in [0.717, 1.165) is 11.8 Å². The van der Waals surface area contributed by atoms with Crippen LogP contribution in [0.1, 0.15) is 12.5 Å². The van der Waals surface area contributed by atoms with E-state index in [0.29, 0.717) is 12.0 Å². The summed E-state index contributed by atoms with van der Waals surface area (Å²) in [4.78, 5) is 21.8. The lowest BCUT2D eigenvalue weighted by Crippen LogP contribution is -2.35. The van der Waals surface area contributed by atoms with Crippen LogP contribution in [0.2, 0.25) is 0 Å². The Balaban J connectivity index is 2.34. The lowest BCUT2D eigenvalue weighted by molar-refractivity contribution is -0.133. The first kappa shape index (κ1) is 15.5. The maximum Gasteiger partial charge on any atom is 0.313 e. The van der Waals surface area contributed by atoms with E-state index in [1.165, 1.54) is 6.07 Å². The number of aliphatic carboxylic acids is 1. The second-order valence-corrected chi connectivity index (χ2v) is 5.14. The molecule has 0 heterocycles. The highest BCUT2D eigenvalue weighted by Crippen LogP contribution is 2.09. The number of nitrogens with one attached hydrogen (secondary N) is 1. The van der Waals surface area contributed by atoms with Crippen molar-refractivity contribution in [3.63, 3.8) is 0 Å². The van der Waals surface area contributed by atoms with Crippen molar-refractivity contribution in [2.24, 2.45) is 0 Å². The van der Waals surface area contributed by atoms with Gasteiger partial charge in [0.05, 0.1) is 11.5 Å². The van der Waals surface area contributed by atoms with Crippen LogP contribution in [-0.2, 0) is 16.0 Å². The number of amides is 1. The molecule has 1 aromatic rings. The zero-order valence-corrected chi connectivity index (χ0v) is 11.4. The summed E-state index contributed by atoms with van der Waals surface area (Å²) in [7, 11) is 0. The minimum absolute atomic E-state index is 0.0912. The Hall–Kier alpha value is -1.56. The first-order chi connectivity index (χ1) is 8.99. The number of carboxylic acids is 1. The Morgan fingerprint density at radius 3 is 2.68 bits per heavy atom. The average Bonchev–Trinajstić information content (AvgIpc) is 2.31. The molecule has 0 saturated heterocycles. The highest BCUT2D eigenvalue weighted by molar-refractivity contribution is 8.00.